The first-order valence-electron chi connectivity index (χ1n) is 13.8. The molecular weight excluding hydrogens is 558 g/mol. The lowest BCUT2D eigenvalue weighted by atomic mass is 10.1. The van der Waals surface area contributed by atoms with Gasteiger partial charge in [-0.15, -0.1) is 11.8 Å². The van der Waals surface area contributed by atoms with Crippen LogP contribution in [0.25, 0.3) is 0 Å². The molecule has 0 saturated heterocycles. The summed E-state index contributed by atoms with van der Waals surface area (Å²) in [5.41, 5.74) is 1.08. The standard InChI is InChI=1S/C31H39N3O5S2/c1-5-21-32-31(36)27(6-2)33(22-24-13-9-8-10-14-24)30(35)23-34(28-15-11-12-16-29(28)39-7-3)41(37,38)26-19-17-25(40-4)18-20-26/h8-20,27H,5-7,21-23H2,1-4H3,(H,32,36)/t27-/m1/s1. The Morgan fingerprint density at radius 3 is 2.20 bits per heavy atom. The topological polar surface area (TPSA) is 96.0 Å². The smallest absolute Gasteiger partial charge is 0.264 e. The van der Waals surface area contributed by atoms with E-state index in [1.807, 2.05) is 57.4 Å². The Hall–Kier alpha value is -3.50. The van der Waals surface area contributed by atoms with E-state index in [9.17, 15) is 18.0 Å². The fourth-order valence-corrected chi connectivity index (χ4v) is 6.23. The predicted octanol–water partition coefficient (Wildman–Crippen LogP) is 5.34. The average molecular weight is 598 g/mol. The quantitative estimate of drug-likeness (QED) is 0.238. The molecule has 0 aromatic heterocycles. The second-order valence-electron chi connectivity index (χ2n) is 9.31. The highest BCUT2D eigenvalue weighted by atomic mass is 32.2. The number of ether oxygens (including phenoxy) is 1. The van der Waals surface area contributed by atoms with Crippen LogP contribution in [0.5, 0.6) is 5.75 Å². The molecule has 3 aromatic carbocycles. The molecule has 3 aromatic rings. The summed E-state index contributed by atoms with van der Waals surface area (Å²) in [6.45, 7) is 6.05. The van der Waals surface area contributed by atoms with E-state index in [2.05, 4.69) is 5.32 Å². The molecular formula is C31H39N3O5S2. The van der Waals surface area contributed by atoms with Crippen LogP contribution in [0.3, 0.4) is 0 Å². The van der Waals surface area contributed by atoms with Crippen molar-refractivity contribution < 1.29 is 22.7 Å². The first-order valence-corrected chi connectivity index (χ1v) is 16.4. The lowest BCUT2D eigenvalue weighted by Gasteiger charge is -2.33. The lowest BCUT2D eigenvalue weighted by molar-refractivity contribution is -0.140. The minimum atomic E-state index is -4.19. The van der Waals surface area contributed by atoms with Crippen LogP contribution >= 0.6 is 11.8 Å². The van der Waals surface area contributed by atoms with Gasteiger partial charge in [-0.05, 0) is 68.0 Å². The van der Waals surface area contributed by atoms with E-state index in [0.29, 0.717) is 25.3 Å². The van der Waals surface area contributed by atoms with Crippen LogP contribution < -0.4 is 14.4 Å². The molecule has 220 valence electrons. The van der Waals surface area contributed by atoms with Crippen LogP contribution in [0.1, 0.15) is 39.2 Å². The lowest BCUT2D eigenvalue weighted by Crippen LogP contribution is -2.52. The SMILES string of the molecule is CCCNC(=O)[C@@H](CC)N(Cc1ccccc1)C(=O)CN(c1ccccc1OCC)S(=O)(=O)c1ccc(SC)cc1. The minimum absolute atomic E-state index is 0.0525. The number of benzene rings is 3. The molecule has 0 aliphatic rings. The van der Waals surface area contributed by atoms with Crippen molar-refractivity contribution in [2.45, 2.75) is 56.0 Å². The molecule has 0 unspecified atom stereocenters. The number of hydrogen-bond donors (Lipinski definition) is 1. The molecule has 41 heavy (non-hydrogen) atoms. The van der Waals surface area contributed by atoms with Gasteiger partial charge in [0.25, 0.3) is 10.0 Å². The fraction of sp³-hybridized carbons (Fsp3) is 0.355. The maximum atomic E-state index is 14.2. The van der Waals surface area contributed by atoms with Gasteiger partial charge in [-0.2, -0.15) is 0 Å². The van der Waals surface area contributed by atoms with Crippen molar-refractivity contribution in [2.75, 3.05) is 30.3 Å². The van der Waals surface area contributed by atoms with Gasteiger partial charge < -0.3 is 15.0 Å². The third kappa shape index (κ3) is 8.27. The Balaban J connectivity index is 2.09. The maximum absolute atomic E-state index is 14.2. The molecule has 0 spiro atoms. The number of hydrogen-bond acceptors (Lipinski definition) is 6. The van der Waals surface area contributed by atoms with Crippen LogP contribution in [0.15, 0.2) is 88.7 Å². The Morgan fingerprint density at radius 1 is 0.927 bits per heavy atom. The van der Waals surface area contributed by atoms with Gasteiger partial charge >= 0.3 is 0 Å². The second-order valence-corrected chi connectivity index (χ2v) is 12.1. The summed E-state index contributed by atoms with van der Waals surface area (Å²) in [7, 11) is -4.19. The maximum Gasteiger partial charge on any atom is 0.264 e. The molecule has 0 bridgehead atoms. The van der Waals surface area contributed by atoms with Crippen molar-refractivity contribution in [3.63, 3.8) is 0 Å². The van der Waals surface area contributed by atoms with Gasteiger partial charge in [0, 0.05) is 18.0 Å². The Morgan fingerprint density at radius 2 is 1.59 bits per heavy atom. The van der Waals surface area contributed by atoms with E-state index in [1.165, 1.54) is 28.8 Å². The third-order valence-corrected chi connectivity index (χ3v) is 9.01. The summed E-state index contributed by atoms with van der Waals surface area (Å²) >= 11 is 1.50. The van der Waals surface area contributed by atoms with Crippen LogP contribution in [0.4, 0.5) is 5.69 Å². The Labute approximate surface area is 248 Å². The zero-order valence-electron chi connectivity index (χ0n) is 24.1. The zero-order chi connectivity index (χ0) is 29.8. The van der Waals surface area contributed by atoms with Crippen molar-refractivity contribution in [2.24, 2.45) is 0 Å². The van der Waals surface area contributed by atoms with Crippen LogP contribution in [0.2, 0.25) is 0 Å². The first-order chi connectivity index (χ1) is 19.8. The van der Waals surface area contributed by atoms with E-state index in [4.69, 9.17) is 4.74 Å². The third-order valence-electron chi connectivity index (χ3n) is 6.49. The summed E-state index contributed by atoms with van der Waals surface area (Å²) in [4.78, 5) is 29.8. The molecule has 10 heteroatoms. The number of carbonyl (C=O) groups excluding carboxylic acids is 2. The number of carbonyl (C=O) groups is 2. The fourth-order valence-electron chi connectivity index (χ4n) is 4.39. The van der Waals surface area contributed by atoms with Crippen molar-refractivity contribution in [3.8, 4) is 5.75 Å². The van der Waals surface area contributed by atoms with Crippen molar-refractivity contribution in [1.82, 2.24) is 10.2 Å². The van der Waals surface area contributed by atoms with E-state index in [1.54, 1.807) is 36.4 Å². The van der Waals surface area contributed by atoms with Gasteiger partial charge in [0.2, 0.25) is 11.8 Å². The number of anilines is 1. The highest BCUT2D eigenvalue weighted by molar-refractivity contribution is 7.98. The van der Waals surface area contributed by atoms with E-state index < -0.39 is 28.5 Å². The van der Waals surface area contributed by atoms with E-state index in [-0.39, 0.29) is 23.0 Å². The first kappa shape index (κ1) is 32.0. The normalized spacial score (nSPS) is 11.9. The molecule has 0 heterocycles. The van der Waals surface area contributed by atoms with Gasteiger partial charge in [-0.3, -0.25) is 13.9 Å². The molecule has 1 N–H and O–H groups in total. The molecule has 8 nitrogen and oxygen atoms in total. The molecule has 2 amide bonds. The molecule has 0 aliphatic carbocycles. The van der Waals surface area contributed by atoms with Crippen molar-refractivity contribution in [1.29, 1.82) is 0 Å². The number of para-hydroxylation sites is 2. The van der Waals surface area contributed by atoms with Crippen LogP contribution in [-0.2, 0) is 26.2 Å². The van der Waals surface area contributed by atoms with Crippen molar-refractivity contribution >= 4 is 39.3 Å². The van der Waals surface area contributed by atoms with Crippen LogP contribution in [-0.4, -0.2) is 57.1 Å². The molecule has 0 aliphatic heterocycles. The molecule has 0 fully saturated rings. The Kier molecular flexibility index (Phi) is 12.1. The highest BCUT2D eigenvalue weighted by Gasteiger charge is 2.34. The largest absolute Gasteiger partial charge is 0.492 e. The van der Waals surface area contributed by atoms with Gasteiger partial charge in [-0.25, -0.2) is 8.42 Å². The Bertz CT molecular complexity index is 1380. The number of rotatable bonds is 15. The van der Waals surface area contributed by atoms with Gasteiger partial charge in [0.15, 0.2) is 0 Å². The number of amides is 2. The number of thioether (sulfide) groups is 1. The average Bonchev–Trinajstić information content (AvgIpc) is 2.99. The highest BCUT2D eigenvalue weighted by Crippen LogP contribution is 2.33. The summed E-state index contributed by atoms with van der Waals surface area (Å²) in [6.07, 6.45) is 3.03. The summed E-state index contributed by atoms with van der Waals surface area (Å²) in [5.74, 6) is -0.423. The molecule has 0 saturated carbocycles. The minimum Gasteiger partial charge on any atom is -0.492 e. The van der Waals surface area contributed by atoms with Crippen molar-refractivity contribution in [3.05, 3.63) is 84.4 Å². The van der Waals surface area contributed by atoms with Gasteiger partial charge in [0.1, 0.15) is 18.3 Å². The number of nitrogens with one attached hydrogen (secondary N) is 1. The van der Waals surface area contributed by atoms with E-state index >= 15 is 0 Å². The monoisotopic (exact) mass is 597 g/mol. The zero-order valence-corrected chi connectivity index (χ0v) is 25.7. The number of sulfonamides is 1. The predicted molar refractivity (Wildman–Crippen MR) is 165 cm³/mol. The van der Waals surface area contributed by atoms with E-state index in [0.717, 1.165) is 21.2 Å². The van der Waals surface area contributed by atoms with Gasteiger partial charge in [0.05, 0.1) is 17.2 Å². The summed E-state index contributed by atoms with van der Waals surface area (Å²) in [6, 6.07) is 21.9. The summed E-state index contributed by atoms with van der Waals surface area (Å²) in [5, 5.41) is 2.90. The second kappa shape index (κ2) is 15.5. The number of nitrogens with zero attached hydrogens (tertiary/aromatic N) is 2. The molecule has 1 atom stereocenters. The summed E-state index contributed by atoms with van der Waals surface area (Å²) < 4.78 is 35.1. The van der Waals surface area contributed by atoms with Gasteiger partial charge in [-0.1, -0.05) is 56.3 Å². The molecule has 0 radical (unpaired) electrons. The van der Waals surface area contributed by atoms with Crippen LogP contribution in [0, 0.1) is 0 Å². The molecule has 3 rings (SSSR count).